The van der Waals surface area contributed by atoms with E-state index in [9.17, 15) is 32.3 Å². The number of carbonyl (C=O) groups is 2. The molecule has 3 N–H and O–H groups in total. The van der Waals surface area contributed by atoms with Gasteiger partial charge in [-0.05, 0) is 103 Å². The molecular weight excluding hydrogens is 622 g/mol. The lowest BCUT2D eigenvalue weighted by Crippen LogP contribution is -2.65. The number of nitrogens with one attached hydrogen (secondary N) is 2. The maximum absolute atomic E-state index is 15.2. The van der Waals surface area contributed by atoms with Gasteiger partial charge in [-0.3, -0.25) is 4.79 Å². The second-order valence-corrected chi connectivity index (χ2v) is 13.4. The van der Waals surface area contributed by atoms with E-state index in [0.29, 0.717) is 31.4 Å². The van der Waals surface area contributed by atoms with Crippen LogP contribution in [0.4, 0.5) is 36.8 Å². The summed E-state index contributed by atoms with van der Waals surface area (Å²) in [5, 5.41) is 16.7. The van der Waals surface area contributed by atoms with E-state index in [1.165, 1.54) is 31.2 Å². The Bertz CT molecular complexity index is 1650. The van der Waals surface area contributed by atoms with Gasteiger partial charge in [-0.15, -0.1) is 0 Å². The van der Waals surface area contributed by atoms with Gasteiger partial charge in [-0.1, -0.05) is 48.9 Å². The van der Waals surface area contributed by atoms with Crippen LogP contribution in [0, 0.1) is 23.1 Å². The highest BCUT2D eigenvalue weighted by molar-refractivity contribution is 5.93. The van der Waals surface area contributed by atoms with E-state index in [-0.39, 0.29) is 31.1 Å². The van der Waals surface area contributed by atoms with Crippen molar-refractivity contribution >= 4 is 23.6 Å². The van der Waals surface area contributed by atoms with Crippen molar-refractivity contribution in [2.45, 2.75) is 75.5 Å². The zero-order chi connectivity index (χ0) is 33.8. The van der Waals surface area contributed by atoms with Gasteiger partial charge < -0.3 is 15.7 Å². The first kappa shape index (κ1) is 33.1. The number of urea groups is 1. The van der Waals surface area contributed by atoms with Crippen LogP contribution in [0.25, 0.3) is 6.08 Å². The molecule has 0 unspecified atom stereocenters. The van der Waals surface area contributed by atoms with Crippen LogP contribution < -0.4 is 10.6 Å². The summed E-state index contributed by atoms with van der Waals surface area (Å²) in [4.78, 5) is 24.4. The van der Waals surface area contributed by atoms with Crippen molar-refractivity contribution < 1.29 is 41.0 Å². The molecule has 2 aromatic rings. The number of rotatable bonds is 6. The molecule has 5 nitrogen and oxygen atoms in total. The first-order chi connectivity index (χ1) is 22.1. The lowest BCUT2D eigenvalue weighted by atomic mass is 9.50. The van der Waals surface area contributed by atoms with Crippen molar-refractivity contribution in [2.75, 3.05) is 11.9 Å². The SMILES string of the molecule is C[C@]12C[C@H](c3ccc(C=CCNC(=O)Nc4ccc(F)cc4)cc3)C3=C4CCC(=O)C=C4CC[C@H]3[C@@H]1CC[C@@]2(O)C(F)(F)C(F)(F)F. The first-order valence-electron chi connectivity index (χ1n) is 15.9. The molecule has 0 aliphatic heterocycles. The number of halogens is 6. The molecule has 0 radical (unpaired) electrons. The number of alkyl halides is 5. The second-order valence-electron chi connectivity index (χ2n) is 13.4. The average Bonchev–Trinajstić information content (AvgIpc) is 3.31. The third-order valence-electron chi connectivity index (χ3n) is 10.9. The Morgan fingerprint density at radius 2 is 1.70 bits per heavy atom. The highest BCUT2D eigenvalue weighted by Gasteiger charge is 2.79. The number of allylic oxidation sites excluding steroid dienone is 4. The van der Waals surface area contributed by atoms with E-state index in [2.05, 4.69) is 10.6 Å². The third-order valence-corrected chi connectivity index (χ3v) is 10.9. The Balaban J connectivity index is 1.26. The van der Waals surface area contributed by atoms with E-state index >= 15 is 8.78 Å². The Hall–Kier alpha value is -3.86. The Kier molecular flexibility index (Phi) is 8.43. The van der Waals surface area contributed by atoms with Crippen molar-refractivity contribution in [3.8, 4) is 0 Å². The summed E-state index contributed by atoms with van der Waals surface area (Å²) in [6.07, 6.45) is 0.466. The fourth-order valence-corrected chi connectivity index (χ4v) is 8.61. The van der Waals surface area contributed by atoms with Gasteiger partial charge in [0.25, 0.3) is 0 Å². The molecule has 2 fully saturated rings. The normalized spacial score (nSPS) is 29.2. The fourth-order valence-electron chi connectivity index (χ4n) is 8.61. The van der Waals surface area contributed by atoms with Crippen molar-refractivity contribution in [1.82, 2.24) is 5.32 Å². The molecule has 0 saturated heterocycles. The summed E-state index contributed by atoms with van der Waals surface area (Å²) in [5.41, 5.74) is -0.0685. The van der Waals surface area contributed by atoms with Gasteiger partial charge in [0.15, 0.2) is 5.78 Å². The zero-order valence-electron chi connectivity index (χ0n) is 25.8. The molecule has 11 heteroatoms. The number of amides is 2. The maximum Gasteiger partial charge on any atom is 0.456 e. The summed E-state index contributed by atoms with van der Waals surface area (Å²) in [6.45, 7) is 1.60. The minimum atomic E-state index is -5.90. The summed E-state index contributed by atoms with van der Waals surface area (Å²) < 4.78 is 84.8. The fraction of sp³-hybridized carbons (Fsp3) is 0.444. The topological polar surface area (TPSA) is 78.4 Å². The predicted molar refractivity (Wildman–Crippen MR) is 165 cm³/mol. The highest BCUT2D eigenvalue weighted by Crippen LogP contribution is 2.70. The predicted octanol–water partition coefficient (Wildman–Crippen LogP) is 8.49. The number of hydrogen-bond donors (Lipinski definition) is 3. The summed E-state index contributed by atoms with van der Waals surface area (Å²) >= 11 is 0. The van der Waals surface area contributed by atoms with Gasteiger partial charge in [-0.2, -0.15) is 22.0 Å². The summed E-state index contributed by atoms with van der Waals surface area (Å²) in [5.74, 6) is -7.04. The van der Waals surface area contributed by atoms with E-state index in [1.807, 2.05) is 24.3 Å². The largest absolute Gasteiger partial charge is 0.456 e. The molecule has 4 aliphatic rings. The highest BCUT2D eigenvalue weighted by atomic mass is 19.4. The van der Waals surface area contributed by atoms with Crippen molar-refractivity contribution in [3.63, 3.8) is 0 Å². The van der Waals surface area contributed by atoms with Crippen LogP contribution in [0.15, 0.2) is 77.4 Å². The van der Waals surface area contributed by atoms with Gasteiger partial charge in [0, 0.05) is 30.0 Å². The summed E-state index contributed by atoms with van der Waals surface area (Å²) in [6, 6.07) is 12.1. The quantitative estimate of drug-likeness (QED) is 0.273. The molecule has 2 saturated carbocycles. The average molecular weight is 659 g/mol. The number of carbonyl (C=O) groups excluding carboxylic acids is 2. The van der Waals surface area contributed by atoms with E-state index < -0.39 is 53.2 Å². The van der Waals surface area contributed by atoms with Crippen LogP contribution >= 0.6 is 0 Å². The Labute approximate surface area is 268 Å². The Morgan fingerprint density at radius 3 is 2.38 bits per heavy atom. The van der Waals surface area contributed by atoms with Crippen LogP contribution in [0.2, 0.25) is 0 Å². The van der Waals surface area contributed by atoms with Crippen molar-refractivity contribution in [3.05, 3.63) is 94.3 Å². The van der Waals surface area contributed by atoms with Gasteiger partial charge in [0.05, 0.1) is 0 Å². The molecule has 5 atom stereocenters. The molecule has 0 spiro atoms. The van der Waals surface area contributed by atoms with Gasteiger partial charge >= 0.3 is 18.1 Å². The number of aliphatic hydroxyl groups is 1. The molecule has 6 rings (SSSR count). The van der Waals surface area contributed by atoms with Crippen LogP contribution in [0.5, 0.6) is 0 Å². The molecule has 47 heavy (non-hydrogen) atoms. The number of benzene rings is 2. The zero-order valence-corrected chi connectivity index (χ0v) is 25.8. The molecule has 2 amide bonds. The lowest BCUT2D eigenvalue weighted by Gasteiger charge is -2.56. The van der Waals surface area contributed by atoms with Gasteiger partial charge in [0.1, 0.15) is 11.4 Å². The van der Waals surface area contributed by atoms with E-state index in [4.69, 9.17) is 0 Å². The molecule has 0 heterocycles. The van der Waals surface area contributed by atoms with Crippen LogP contribution in [0.3, 0.4) is 0 Å². The first-order valence-corrected chi connectivity index (χ1v) is 15.9. The van der Waals surface area contributed by atoms with Gasteiger partial charge in [0.2, 0.25) is 0 Å². The monoisotopic (exact) mass is 658 g/mol. The minimum absolute atomic E-state index is 0.0265. The molecule has 0 aromatic heterocycles. The number of ketones is 1. The van der Waals surface area contributed by atoms with Gasteiger partial charge in [-0.25, -0.2) is 9.18 Å². The summed E-state index contributed by atoms with van der Waals surface area (Å²) in [7, 11) is 0. The number of hydrogen-bond acceptors (Lipinski definition) is 3. The molecular formula is C36H36F6N2O3. The number of anilines is 1. The van der Waals surface area contributed by atoms with Crippen molar-refractivity contribution in [1.29, 1.82) is 0 Å². The molecule has 2 aromatic carbocycles. The van der Waals surface area contributed by atoms with Crippen LogP contribution in [-0.2, 0) is 4.79 Å². The van der Waals surface area contributed by atoms with E-state index in [1.54, 1.807) is 18.2 Å². The maximum atomic E-state index is 15.2. The molecule has 4 aliphatic carbocycles. The lowest BCUT2D eigenvalue weighted by molar-refractivity contribution is -0.362. The standard InChI is InChI=1S/C36H36F6N2O3/c1-33-20-29(22-6-4-21(5-7-22)3-2-18-43-32(46)44-25-11-9-24(37)10-12-25)31-27-15-13-26(45)19-23(27)8-14-28(31)30(33)16-17-34(33,47)35(38,39)36(40,41)42/h2-7,9-12,19,28-30,47H,8,13-18,20H2,1H3,(H2,43,44,46)/t28-,29+,30-,33-,34-/m0/s1. The van der Waals surface area contributed by atoms with Crippen LogP contribution in [0.1, 0.15) is 68.9 Å². The second kappa shape index (κ2) is 12.0. The van der Waals surface area contributed by atoms with Crippen LogP contribution in [-0.4, -0.2) is 41.2 Å². The smallest absolute Gasteiger partial charge is 0.383 e. The minimum Gasteiger partial charge on any atom is -0.383 e. The van der Waals surface area contributed by atoms with E-state index in [0.717, 1.165) is 27.8 Å². The van der Waals surface area contributed by atoms with Crippen molar-refractivity contribution in [2.24, 2.45) is 17.3 Å². The molecule has 250 valence electrons. The third kappa shape index (κ3) is 5.70. The number of fused-ring (bicyclic) bond motifs is 4. The Morgan fingerprint density at radius 1 is 1.00 bits per heavy atom. The molecule has 0 bridgehead atoms.